The van der Waals surface area contributed by atoms with Crippen molar-refractivity contribution in [2.45, 2.75) is 13.3 Å². The van der Waals surface area contributed by atoms with Crippen LogP contribution in [0.25, 0.3) is 0 Å². The second kappa shape index (κ2) is 3.21. The maximum atomic E-state index is 10.4. The number of anilines is 1. The van der Waals surface area contributed by atoms with E-state index in [4.69, 9.17) is 10.8 Å². The molecule has 3 N–H and O–H groups in total. The van der Waals surface area contributed by atoms with Crippen LogP contribution in [0.2, 0.25) is 0 Å². The molecule has 64 valence electrons. The number of nitrogens with zero attached hydrogens (tertiary/aromatic N) is 1. The molecule has 0 radical (unpaired) electrons. The molecule has 1 rings (SSSR count). The zero-order valence-corrected chi connectivity index (χ0v) is 6.74. The molecule has 0 aliphatic carbocycles. The number of hydrogen-bond acceptors (Lipinski definition) is 3. The van der Waals surface area contributed by atoms with Crippen molar-refractivity contribution in [2.24, 2.45) is 0 Å². The average molecular weight is 166 g/mol. The number of aromatic nitrogens is 1. The van der Waals surface area contributed by atoms with Crippen molar-refractivity contribution in [1.29, 1.82) is 0 Å². The lowest BCUT2D eigenvalue weighted by molar-refractivity contribution is -0.136. The second-order valence-corrected chi connectivity index (χ2v) is 2.56. The minimum absolute atomic E-state index is 0.0640. The van der Waals surface area contributed by atoms with Gasteiger partial charge in [-0.3, -0.25) is 4.79 Å². The maximum absolute atomic E-state index is 10.4. The summed E-state index contributed by atoms with van der Waals surface area (Å²) in [5, 5.41) is 8.53. The van der Waals surface area contributed by atoms with Gasteiger partial charge < -0.3 is 10.8 Å². The van der Waals surface area contributed by atoms with Gasteiger partial charge in [-0.15, -0.1) is 0 Å². The monoisotopic (exact) mass is 166 g/mol. The molecule has 12 heavy (non-hydrogen) atoms. The Morgan fingerprint density at radius 2 is 2.42 bits per heavy atom. The summed E-state index contributed by atoms with van der Waals surface area (Å²) in [6.45, 7) is 1.82. The van der Waals surface area contributed by atoms with E-state index < -0.39 is 5.97 Å². The van der Waals surface area contributed by atoms with Crippen LogP contribution >= 0.6 is 0 Å². The number of carboxylic acids is 1. The Bertz CT molecular complexity index is 290. The lowest BCUT2D eigenvalue weighted by Crippen LogP contribution is -2.06. The number of aryl methyl sites for hydroxylation is 1. The Kier molecular flexibility index (Phi) is 2.28. The van der Waals surface area contributed by atoms with E-state index in [2.05, 4.69) is 4.98 Å². The number of aliphatic carboxylic acids is 1. The van der Waals surface area contributed by atoms with Crippen LogP contribution in [0, 0.1) is 6.92 Å². The predicted octanol–water partition coefficient (Wildman–Crippen LogP) is 0.599. The standard InChI is InChI=1S/C8H10N2O2/c1-5-2-3-10-8(9)6(5)4-7(11)12/h2-3H,4H2,1H3,(H2,9,10)(H,11,12). The van der Waals surface area contributed by atoms with Crippen LogP contribution in [-0.2, 0) is 11.2 Å². The summed E-state index contributed by atoms with van der Waals surface area (Å²) >= 11 is 0. The molecule has 0 saturated carbocycles. The highest BCUT2D eigenvalue weighted by Gasteiger charge is 2.07. The van der Waals surface area contributed by atoms with E-state index >= 15 is 0 Å². The van der Waals surface area contributed by atoms with Crippen LogP contribution in [0.4, 0.5) is 5.82 Å². The molecule has 4 heteroatoms. The van der Waals surface area contributed by atoms with Gasteiger partial charge in [0.1, 0.15) is 5.82 Å². The van der Waals surface area contributed by atoms with Crippen LogP contribution in [0.5, 0.6) is 0 Å². The lowest BCUT2D eigenvalue weighted by atomic mass is 10.1. The van der Waals surface area contributed by atoms with E-state index in [9.17, 15) is 4.79 Å². The Balaban J connectivity index is 3.04. The summed E-state index contributed by atoms with van der Waals surface area (Å²) in [6, 6.07) is 1.74. The molecule has 0 saturated heterocycles. The van der Waals surface area contributed by atoms with Gasteiger partial charge in [0.05, 0.1) is 6.42 Å². The van der Waals surface area contributed by atoms with Crippen molar-refractivity contribution in [2.75, 3.05) is 5.73 Å². The molecule has 1 heterocycles. The Labute approximate surface area is 70.0 Å². The second-order valence-electron chi connectivity index (χ2n) is 2.56. The third-order valence-corrected chi connectivity index (χ3v) is 1.65. The van der Waals surface area contributed by atoms with Crippen LogP contribution in [0.3, 0.4) is 0 Å². The fraction of sp³-hybridized carbons (Fsp3) is 0.250. The van der Waals surface area contributed by atoms with Crippen molar-refractivity contribution >= 4 is 11.8 Å². The van der Waals surface area contributed by atoms with Crippen molar-refractivity contribution in [3.05, 3.63) is 23.4 Å². The molecule has 0 atom stereocenters. The number of nitrogen functional groups attached to an aromatic ring is 1. The molecule has 1 aromatic rings. The predicted molar refractivity (Wildman–Crippen MR) is 44.7 cm³/mol. The molecule has 0 aliphatic rings. The number of nitrogens with two attached hydrogens (primary N) is 1. The molecule has 1 aromatic heterocycles. The Hall–Kier alpha value is -1.58. The quantitative estimate of drug-likeness (QED) is 0.674. The summed E-state index contributed by atoms with van der Waals surface area (Å²) in [6.07, 6.45) is 1.50. The maximum Gasteiger partial charge on any atom is 0.307 e. The topological polar surface area (TPSA) is 76.2 Å². The SMILES string of the molecule is Cc1ccnc(N)c1CC(=O)O. The van der Waals surface area contributed by atoms with Gasteiger partial charge in [0.15, 0.2) is 0 Å². The molecule has 0 fully saturated rings. The van der Waals surface area contributed by atoms with Crippen molar-refractivity contribution < 1.29 is 9.90 Å². The Morgan fingerprint density at radius 1 is 1.75 bits per heavy atom. The first-order valence-electron chi connectivity index (χ1n) is 3.53. The highest BCUT2D eigenvalue weighted by atomic mass is 16.4. The van der Waals surface area contributed by atoms with Crippen LogP contribution in [0.15, 0.2) is 12.3 Å². The number of rotatable bonds is 2. The summed E-state index contributed by atoms with van der Waals surface area (Å²) in [5.74, 6) is -0.588. The van der Waals surface area contributed by atoms with Crippen molar-refractivity contribution in [3.8, 4) is 0 Å². The van der Waals surface area contributed by atoms with Gasteiger partial charge in [-0.2, -0.15) is 0 Å². The summed E-state index contributed by atoms with van der Waals surface area (Å²) in [5.41, 5.74) is 6.96. The molecule has 0 spiro atoms. The minimum atomic E-state index is -0.891. The van der Waals surface area contributed by atoms with Gasteiger partial charge >= 0.3 is 5.97 Å². The van der Waals surface area contributed by atoms with Gasteiger partial charge in [0.25, 0.3) is 0 Å². The molecule has 0 aliphatic heterocycles. The highest BCUT2D eigenvalue weighted by molar-refractivity contribution is 5.72. The van der Waals surface area contributed by atoms with Crippen LogP contribution in [-0.4, -0.2) is 16.1 Å². The first kappa shape index (κ1) is 8.52. The molecule has 0 unspecified atom stereocenters. The van der Waals surface area contributed by atoms with Gasteiger partial charge in [-0.05, 0) is 18.6 Å². The van der Waals surface area contributed by atoms with E-state index in [1.165, 1.54) is 0 Å². The first-order valence-corrected chi connectivity index (χ1v) is 3.53. The van der Waals surface area contributed by atoms with E-state index in [1.54, 1.807) is 12.3 Å². The fourth-order valence-electron chi connectivity index (χ4n) is 0.991. The Morgan fingerprint density at radius 3 is 2.92 bits per heavy atom. The zero-order valence-electron chi connectivity index (χ0n) is 6.74. The van der Waals surface area contributed by atoms with Gasteiger partial charge in [-0.25, -0.2) is 4.98 Å². The van der Waals surface area contributed by atoms with Gasteiger partial charge in [0, 0.05) is 11.8 Å². The molecular formula is C8H10N2O2. The van der Waals surface area contributed by atoms with E-state index in [0.29, 0.717) is 11.4 Å². The smallest absolute Gasteiger partial charge is 0.307 e. The number of hydrogen-bond donors (Lipinski definition) is 2. The number of carbonyl (C=O) groups is 1. The van der Waals surface area contributed by atoms with E-state index in [0.717, 1.165) is 5.56 Å². The number of carboxylic acid groups (broad SMARTS) is 1. The summed E-state index contributed by atoms with van der Waals surface area (Å²) < 4.78 is 0. The van der Waals surface area contributed by atoms with Gasteiger partial charge in [-0.1, -0.05) is 0 Å². The third kappa shape index (κ3) is 1.72. The van der Waals surface area contributed by atoms with Crippen LogP contribution in [0.1, 0.15) is 11.1 Å². The molecule has 0 aromatic carbocycles. The molecule has 0 amide bonds. The number of pyridine rings is 1. The zero-order chi connectivity index (χ0) is 9.14. The molecule has 4 nitrogen and oxygen atoms in total. The fourth-order valence-corrected chi connectivity index (χ4v) is 0.991. The normalized spacial score (nSPS) is 9.75. The summed E-state index contributed by atoms with van der Waals surface area (Å²) in [7, 11) is 0. The van der Waals surface area contributed by atoms with Crippen LogP contribution < -0.4 is 5.73 Å². The summed E-state index contributed by atoms with van der Waals surface area (Å²) in [4.78, 5) is 14.2. The van der Waals surface area contributed by atoms with E-state index in [-0.39, 0.29) is 6.42 Å². The average Bonchev–Trinajstić information content (AvgIpc) is 1.97. The molecular weight excluding hydrogens is 156 g/mol. The lowest BCUT2D eigenvalue weighted by Gasteiger charge is -2.04. The largest absolute Gasteiger partial charge is 0.481 e. The minimum Gasteiger partial charge on any atom is -0.481 e. The van der Waals surface area contributed by atoms with Gasteiger partial charge in [0.2, 0.25) is 0 Å². The third-order valence-electron chi connectivity index (χ3n) is 1.65. The van der Waals surface area contributed by atoms with Crippen molar-refractivity contribution in [1.82, 2.24) is 4.98 Å². The first-order chi connectivity index (χ1) is 5.61. The molecule has 0 bridgehead atoms. The highest BCUT2D eigenvalue weighted by Crippen LogP contribution is 2.13. The van der Waals surface area contributed by atoms with Crippen molar-refractivity contribution in [3.63, 3.8) is 0 Å². The van der Waals surface area contributed by atoms with E-state index in [1.807, 2.05) is 6.92 Å².